The van der Waals surface area contributed by atoms with Crippen LogP contribution in [0.25, 0.3) is 11.3 Å². The van der Waals surface area contributed by atoms with Gasteiger partial charge in [0.1, 0.15) is 17.6 Å². The number of hydrogen-bond donors (Lipinski definition) is 0. The van der Waals surface area contributed by atoms with Crippen LogP contribution in [0.5, 0.6) is 0 Å². The molecule has 0 N–H and O–H groups in total. The summed E-state index contributed by atoms with van der Waals surface area (Å²) in [4.78, 5) is 27.1. The Morgan fingerprint density at radius 3 is 2.59 bits per heavy atom. The third-order valence-electron chi connectivity index (χ3n) is 4.87. The molecule has 1 fully saturated rings. The van der Waals surface area contributed by atoms with Crippen molar-refractivity contribution in [1.82, 2.24) is 0 Å². The predicted molar refractivity (Wildman–Crippen MR) is 98.2 cm³/mol. The molecule has 1 saturated heterocycles. The molecule has 0 aliphatic carbocycles. The van der Waals surface area contributed by atoms with Crippen molar-refractivity contribution >= 4 is 17.6 Å². The van der Waals surface area contributed by atoms with Gasteiger partial charge >= 0.3 is 5.97 Å². The van der Waals surface area contributed by atoms with E-state index in [1.165, 1.54) is 18.3 Å². The zero-order chi connectivity index (χ0) is 19.0. The molecule has 2 atom stereocenters. The maximum atomic E-state index is 13.0. The number of hydrogen-bond acceptors (Lipinski definition) is 5. The first-order valence-corrected chi connectivity index (χ1v) is 8.68. The highest BCUT2D eigenvalue weighted by molar-refractivity contribution is 6.06. The van der Waals surface area contributed by atoms with Gasteiger partial charge < -0.3 is 13.6 Å². The number of furan rings is 2. The van der Waals surface area contributed by atoms with Crippen LogP contribution in [0, 0.1) is 6.92 Å². The number of anilines is 1. The summed E-state index contributed by atoms with van der Waals surface area (Å²) < 4.78 is 16.1. The van der Waals surface area contributed by atoms with Crippen molar-refractivity contribution in [2.75, 3.05) is 12.0 Å². The van der Waals surface area contributed by atoms with Gasteiger partial charge in [0.25, 0.3) is 0 Å². The number of aryl methyl sites for hydroxylation is 1. The first kappa shape index (κ1) is 17.1. The first-order chi connectivity index (χ1) is 13.1. The van der Waals surface area contributed by atoms with Gasteiger partial charge in [0.05, 0.1) is 31.2 Å². The van der Waals surface area contributed by atoms with Crippen molar-refractivity contribution in [1.29, 1.82) is 0 Å². The highest BCUT2D eigenvalue weighted by Crippen LogP contribution is 2.42. The van der Waals surface area contributed by atoms with Gasteiger partial charge in [-0.25, -0.2) is 4.79 Å². The van der Waals surface area contributed by atoms with E-state index in [0.717, 1.165) is 11.1 Å². The van der Waals surface area contributed by atoms with Gasteiger partial charge in [-0.3, -0.25) is 9.69 Å². The van der Waals surface area contributed by atoms with E-state index in [9.17, 15) is 9.59 Å². The monoisotopic (exact) mass is 365 g/mol. The van der Waals surface area contributed by atoms with Crippen molar-refractivity contribution in [3.8, 4) is 11.3 Å². The summed E-state index contributed by atoms with van der Waals surface area (Å²) in [5.74, 6) is 0.168. The number of methoxy groups -OCH3 is 1. The van der Waals surface area contributed by atoms with Gasteiger partial charge in [-0.05, 0) is 43.3 Å². The molecule has 0 spiro atoms. The van der Waals surface area contributed by atoms with Crippen LogP contribution in [0.2, 0.25) is 0 Å². The van der Waals surface area contributed by atoms with E-state index in [0.29, 0.717) is 17.2 Å². The van der Waals surface area contributed by atoms with Crippen molar-refractivity contribution in [2.24, 2.45) is 0 Å². The minimum atomic E-state index is -0.801. The van der Waals surface area contributed by atoms with Gasteiger partial charge in [-0.2, -0.15) is 0 Å². The van der Waals surface area contributed by atoms with E-state index in [1.54, 1.807) is 24.5 Å². The Kier molecular flexibility index (Phi) is 4.32. The second-order valence-corrected chi connectivity index (χ2v) is 6.56. The van der Waals surface area contributed by atoms with Gasteiger partial charge in [0.15, 0.2) is 0 Å². The summed E-state index contributed by atoms with van der Waals surface area (Å²) in [7, 11) is 1.32. The molecule has 1 aliphatic heterocycles. The summed E-state index contributed by atoms with van der Waals surface area (Å²) in [6.45, 7) is 1.96. The summed E-state index contributed by atoms with van der Waals surface area (Å²) in [6, 6.07) is 12.0. The summed E-state index contributed by atoms with van der Waals surface area (Å²) in [5, 5.41) is 0. The van der Waals surface area contributed by atoms with Crippen molar-refractivity contribution in [3.05, 3.63) is 66.3 Å². The smallest absolute Gasteiger partial charge is 0.329 e. The Hall–Kier alpha value is -3.28. The van der Waals surface area contributed by atoms with Crippen LogP contribution in [0.3, 0.4) is 0 Å². The second-order valence-electron chi connectivity index (χ2n) is 6.56. The lowest BCUT2D eigenvalue weighted by Crippen LogP contribution is -2.42. The molecule has 6 heteroatoms. The average molecular weight is 365 g/mol. The molecule has 27 heavy (non-hydrogen) atoms. The maximum absolute atomic E-state index is 13.0. The summed E-state index contributed by atoms with van der Waals surface area (Å²) in [5.41, 5.74) is 2.39. The number of esters is 1. The molecular formula is C21H19NO5. The molecule has 3 heterocycles. The molecule has 0 unspecified atom stereocenters. The quantitative estimate of drug-likeness (QED) is 0.656. The largest absolute Gasteiger partial charge is 0.469 e. The Balaban J connectivity index is 1.85. The molecule has 138 valence electrons. The average Bonchev–Trinajstić information content (AvgIpc) is 3.41. The van der Waals surface area contributed by atoms with Crippen LogP contribution in [-0.2, 0) is 14.3 Å². The Morgan fingerprint density at radius 1 is 1.15 bits per heavy atom. The zero-order valence-corrected chi connectivity index (χ0v) is 15.0. The maximum Gasteiger partial charge on any atom is 0.329 e. The lowest BCUT2D eigenvalue weighted by molar-refractivity contribution is -0.142. The number of nitrogens with zero attached hydrogens (tertiary/aromatic N) is 1. The predicted octanol–water partition coefficient (Wildman–Crippen LogP) is 3.91. The number of rotatable bonds is 4. The van der Waals surface area contributed by atoms with E-state index < -0.39 is 17.9 Å². The molecule has 2 aromatic heterocycles. The molecule has 1 amide bonds. The molecule has 6 nitrogen and oxygen atoms in total. The minimum absolute atomic E-state index is 0.163. The SMILES string of the molecule is COC(=O)[C@H]1[C@H](c2ccco2)CC(=O)N1c1ccc(C)cc1-c1ccco1. The molecule has 1 aromatic carbocycles. The highest BCUT2D eigenvalue weighted by Gasteiger charge is 2.48. The van der Waals surface area contributed by atoms with Gasteiger partial charge in [-0.15, -0.1) is 0 Å². The molecule has 0 radical (unpaired) electrons. The van der Waals surface area contributed by atoms with Crippen molar-refractivity contribution < 1.29 is 23.2 Å². The topological polar surface area (TPSA) is 72.9 Å². The van der Waals surface area contributed by atoms with E-state index in [4.69, 9.17) is 13.6 Å². The molecule has 4 rings (SSSR count). The standard InChI is InChI=1S/C21H19NO5/c1-13-7-8-16(14(11-13)17-5-3-9-26-17)22-19(23)12-15(18-6-4-10-27-18)20(22)21(24)25-2/h3-11,15,20H,12H2,1-2H3/t15-,20+/m0/s1. The third-order valence-corrected chi connectivity index (χ3v) is 4.87. The Bertz CT molecular complexity index is 959. The Labute approximate surface area is 156 Å². The third kappa shape index (κ3) is 2.93. The highest BCUT2D eigenvalue weighted by atomic mass is 16.5. The number of amides is 1. The van der Waals surface area contributed by atoms with E-state index in [-0.39, 0.29) is 12.3 Å². The van der Waals surface area contributed by atoms with Crippen LogP contribution in [0.4, 0.5) is 5.69 Å². The lowest BCUT2D eigenvalue weighted by Gasteiger charge is -2.27. The second kappa shape index (κ2) is 6.79. The molecule has 0 saturated carbocycles. The van der Waals surface area contributed by atoms with E-state index in [1.807, 2.05) is 31.2 Å². The molecule has 0 bridgehead atoms. The first-order valence-electron chi connectivity index (χ1n) is 8.68. The molecule has 1 aliphatic rings. The fraction of sp³-hybridized carbons (Fsp3) is 0.238. The summed E-state index contributed by atoms with van der Waals surface area (Å²) in [6.07, 6.45) is 3.28. The van der Waals surface area contributed by atoms with Crippen LogP contribution in [0.15, 0.2) is 63.8 Å². The Morgan fingerprint density at radius 2 is 1.93 bits per heavy atom. The van der Waals surface area contributed by atoms with Gasteiger partial charge in [0, 0.05) is 12.0 Å². The number of carbonyl (C=O) groups is 2. The number of carbonyl (C=O) groups excluding carboxylic acids is 2. The van der Waals surface area contributed by atoms with Crippen molar-refractivity contribution in [2.45, 2.75) is 25.3 Å². The van der Waals surface area contributed by atoms with Crippen LogP contribution < -0.4 is 4.90 Å². The molecular weight excluding hydrogens is 346 g/mol. The van der Waals surface area contributed by atoms with Gasteiger partial charge in [0.2, 0.25) is 5.91 Å². The number of ether oxygens (including phenoxy) is 1. The van der Waals surface area contributed by atoms with E-state index in [2.05, 4.69) is 0 Å². The summed E-state index contributed by atoms with van der Waals surface area (Å²) >= 11 is 0. The van der Waals surface area contributed by atoms with Crippen LogP contribution in [0.1, 0.15) is 23.7 Å². The van der Waals surface area contributed by atoms with E-state index >= 15 is 0 Å². The number of benzene rings is 1. The fourth-order valence-electron chi connectivity index (χ4n) is 3.66. The van der Waals surface area contributed by atoms with Crippen molar-refractivity contribution in [3.63, 3.8) is 0 Å². The normalized spacial score (nSPS) is 19.5. The zero-order valence-electron chi connectivity index (χ0n) is 15.0. The van der Waals surface area contributed by atoms with Gasteiger partial charge in [-0.1, -0.05) is 11.6 Å². The fourth-order valence-corrected chi connectivity index (χ4v) is 3.66. The van der Waals surface area contributed by atoms with Crippen LogP contribution >= 0.6 is 0 Å². The molecule has 3 aromatic rings. The lowest BCUT2D eigenvalue weighted by atomic mass is 9.96. The minimum Gasteiger partial charge on any atom is -0.469 e. The van der Waals surface area contributed by atoms with Crippen LogP contribution in [-0.4, -0.2) is 25.0 Å².